The van der Waals surface area contributed by atoms with Crippen molar-refractivity contribution in [3.05, 3.63) is 45.8 Å². The number of rotatable bonds is 2. The lowest BCUT2D eigenvalue weighted by molar-refractivity contribution is 0.420. The smallest absolute Gasteiger partial charge is 0.238 e. The average Bonchev–Trinajstić information content (AvgIpc) is 2.27. The average molecular weight is 322 g/mol. The summed E-state index contributed by atoms with van der Waals surface area (Å²) in [6.07, 6.45) is 1.37. The van der Waals surface area contributed by atoms with Crippen LogP contribution in [0, 0.1) is 11.6 Å². The van der Waals surface area contributed by atoms with E-state index in [0.29, 0.717) is 10.5 Å². The second-order valence-corrected chi connectivity index (χ2v) is 4.16. The van der Waals surface area contributed by atoms with E-state index in [1.165, 1.54) is 6.20 Å². The Morgan fingerprint density at radius 2 is 2.06 bits per heavy atom. The number of hydrogen-bond donors (Lipinski definition) is 0. The highest BCUT2D eigenvalue weighted by Crippen LogP contribution is 2.29. The first-order valence-electron chi connectivity index (χ1n) is 4.37. The van der Waals surface area contributed by atoms with Crippen LogP contribution in [0.2, 0.25) is 5.28 Å². The van der Waals surface area contributed by atoms with Crippen LogP contribution < -0.4 is 4.74 Å². The lowest BCUT2D eigenvalue weighted by Gasteiger charge is -2.07. The second-order valence-electron chi connectivity index (χ2n) is 2.97. The predicted molar refractivity (Wildman–Crippen MR) is 61.2 cm³/mol. The Morgan fingerprint density at radius 1 is 1.29 bits per heavy atom. The number of nitrogens with zero attached hydrogens (tertiary/aromatic N) is 2. The zero-order chi connectivity index (χ0) is 12.4. The van der Waals surface area contributed by atoms with Gasteiger partial charge in [0.2, 0.25) is 11.2 Å². The monoisotopic (exact) mass is 320 g/mol. The molecule has 88 valence electrons. The van der Waals surface area contributed by atoms with Crippen LogP contribution >= 0.6 is 27.5 Å². The largest absolute Gasteiger partial charge is 0.435 e. The molecule has 0 aliphatic heterocycles. The Morgan fingerprint density at radius 3 is 2.76 bits per heavy atom. The summed E-state index contributed by atoms with van der Waals surface area (Å²) in [7, 11) is 0. The molecular formula is C10H4BrClF2N2O. The minimum atomic E-state index is -0.827. The van der Waals surface area contributed by atoms with E-state index in [0.717, 1.165) is 12.1 Å². The number of halogens is 4. The van der Waals surface area contributed by atoms with Gasteiger partial charge in [-0.2, -0.15) is 4.98 Å². The molecule has 0 saturated carbocycles. The molecule has 0 atom stereocenters. The third-order valence-corrected chi connectivity index (χ3v) is 2.51. The maximum Gasteiger partial charge on any atom is 0.238 e. The van der Waals surface area contributed by atoms with Crippen LogP contribution in [-0.2, 0) is 0 Å². The molecule has 17 heavy (non-hydrogen) atoms. The molecule has 0 amide bonds. The van der Waals surface area contributed by atoms with Gasteiger partial charge >= 0.3 is 0 Å². The summed E-state index contributed by atoms with van der Waals surface area (Å²) in [4.78, 5) is 7.45. The van der Waals surface area contributed by atoms with Crippen LogP contribution in [-0.4, -0.2) is 9.97 Å². The summed E-state index contributed by atoms with van der Waals surface area (Å²) in [5, 5.41) is -0.0364. The van der Waals surface area contributed by atoms with Crippen molar-refractivity contribution in [1.82, 2.24) is 9.97 Å². The van der Waals surface area contributed by atoms with E-state index >= 15 is 0 Å². The zero-order valence-corrected chi connectivity index (χ0v) is 10.5. The number of benzene rings is 1. The van der Waals surface area contributed by atoms with E-state index in [1.54, 1.807) is 0 Å². The topological polar surface area (TPSA) is 35.0 Å². The molecule has 3 nitrogen and oxygen atoms in total. The molecule has 0 aliphatic rings. The minimum absolute atomic E-state index is 0.0364. The molecule has 2 rings (SSSR count). The van der Waals surface area contributed by atoms with E-state index in [4.69, 9.17) is 16.3 Å². The SMILES string of the molecule is Fc1ccc(Oc2nc(Cl)ncc2Br)c(F)c1. The standard InChI is InChI=1S/C10H4BrClF2N2O/c11-6-4-15-10(12)16-9(6)17-8-2-1-5(13)3-7(8)14/h1-4H. The molecule has 0 radical (unpaired) electrons. The summed E-state index contributed by atoms with van der Waals surface area (Å²) in [5.74, 6) is -1.61. The van der Waals surface area contributed by atoms with E-state index < -0.39 is 11.6 Å². The third kappa shape index (κ3) is 2.89. The van der Waals surface area contributed by atoms with Crippen LogP contribution in [0.3, 0.4) is 0 Å². The van der Waals surface area contributed by atoms with Crippen molar-refractivity contribution < 1.29 is 13.5 Å². The van der Waals surface area contributed by atoms with Gasteiger partial charge in [-0.1, -0.05) is 0 Å². The molecule has 1 heterocycles. The van der Waals surface area contributed by atoms with E-state index in [1.807, 2.05) is 0 Å². The fraction of sp³-hybridized carbons (Fsp3) is 0. The highest BCUT2D eigenvalue weighted by molar-refractivity contribution is 9.10. The fourth-order valence-electron chi connectivity index (χ4n) is 1.06. The Bertz CT molecular complexity index is 568. The molecule has 0 saturated heterocycles. The Labute approximate surface area is 109 Å². The van der Waals surface area contributed by atoms with Gasteiger partial charge < -0.3 is 4.74 Å². The fourth-order valence-corrected chi connectivity index (χ4v) is 1.46. The Balaban J connectivity index is 2.34. The summed E-state index contributed by atoms with van der Waals surface area (Å²) in [5.41, 5.74) is 0. The van der Waals surface area contributed by atoms with Crippen molar-refractivity contribution in [3.8, 4) is 11.6 Å². The Kier molecular flexibility index (Phi) is 3.54. The molecule has 0 N–H and O–H groups in total. The first kappa shape index (κ1) is 12.2. The van der Waals surface area contributed by atoms with Gasteiger partial charge in [0.05, 0.1) is 4.47 Å². The van der Waals surface area contributed by atoms with Crippen LogP contribution in [0.15, 0.2) is 28.9 Å². The van der Waals surface area contributed by atoms with Crippen molar-refractivity contribution in [2.45, 2.75) is 0 Å². The van der Waals surface area contributed by atoms with E-state index in [2.05, 4.69) is 25.9 Å². The van der Waals surface area contributed by atoms with Crippen LogP contribution in [0.25, 0.3) is 0 Å². The van der Waals surface area contributed by atoms with Gasteiger partial charge in [-0.15, -0.1) is 0 Å². The van der Waals surface area contributed by atoms with E-state index in [9.17, 15) is 8.78 Å². The van der Waals surface area contributed by atoms with Crippen molar-refractivity contribution in [3.63, 3.8) is 0 Å². The molecule has 0 fully saturated rings. The molecule has 0 unspecified atom stereocenters. The summed E-state index contributed by atoms with van der Waals surface area (Å²) >= 11 is 8.69. The van der Waals surface area contributed by atoms with E-state index in [-0.39, 0.29) is 16.9 Å². The molecular weight excluding hydrogens is 317 g/mol. The highest BCUT2D eigenvalue weighted by atomic mass is 79.9. The minimum Gasteiger partial charge on any atom is -0.435 e. The molecule has 2 aromatic rings. The van der Waals surface area contributed by atoms with Crippen molar-refractivity contribution >= 4 is 27.5 Å². The summed E-state index contributed by atoms with van der Waals surface area (Å²) in [6.45, 7) is 0. The van der Waals surface area contributed by atoms with Crippen LogP contribution in [0.5, 0.6) is 11.6 Å². The number of hydrogen-bond acceptors (Lipinski definition) is 3. The predicted octanol–water partition coefficient (Wildman–Crippen LogP) is 3.96. The van der Waals surface area contributed by atoms with Gasteiger partial charge in [0.1, 0.15) is 5.82 Å². The molecule has 0 aliphatic carbocycles. The second kappa shape index (κ2) is 4.93. The highest BCUT2D eigenvalue weighted by Gasteiger charge is 2.10. The lowest BCUT2D eigenvalue weighted by atomic mass is 10.3. The normalized spacial score (nSPS) is 10.4. The maximum atomic E-state index is 13.3. The van der Waals surface area contributed by atoms with Crippen molar-refractivity contribution in [2.75, 3.05) is 0 Å². The van der Waals surface area contributed by atoms with Gasteiger partial charge in [-0.25, -0.2) is 13.8 Å². The molecule has 0 spiro atoms. The Hall–Kier alpha value is -1.27. The molecule has 1 aromatic carbocycles. The van der Waals surface area contributed by atoms with Crippen molar-refractivity contribution in [2.24, 2.45) is 0 Å². The van der Waals surface area contributed by atoms with Gasteiger partial charge in [-0.3, -0.25) is 0 Å². The van der Waals surface area contributed by atoms with Gasteiger partial charge in [0, 0.05) is 12.3 Å². The number of ether oxygens (including phenoxy) is 1. The summed E-state index contributed by atoms with van der Waals surface area (Å²) in [6, 6.07) is 2.95. The zero-order valence-electron chi connectivity index (χ0n) is 8.12. The number of aromatic nitrogens is 2. The maximum absolute atomic E-state index is 13.3. The molecule has 7 heteroatoms. The lowest BCUT2D eigenvalue weighted by Crippen LogP contribution is -1.94. The first-order chi connectivity index (χ1) is 8.06. The van der Waals surface area contributed by atoms with Gasteiger partial charge in [-0.05, 0) is 39.7 Å². The third-order valence-electron chi connectivity index (χ3n) is 1.78. The quantitative estimate of drug-likeness (QED) is 0.785. The van der Waals surface area contributed by atoms with Crippen LogP contribution in [0.4, 0.5) is 8.78 Å². The summed E-state index contributed by atoms with van der Waals surface area (Å²) < 4.78 is 31.5. The van der Waals surface area contributed by atoms with Crippen molar-refractivity contribution in [1.29, 1.82) is 0 Å². The first-order valence-corrected chi connectivity index (χ1v) is 5.54. The molecule has 0 bridgehead atoms. The van der Waals surface area contributed by atoms with Gasteiger partial charge in [0.25, 0.3) is 0 Å². The van der Waals surface area contributed by atoms with Gasteiger partial charge in [0.15, 0.2) is 11.6 Å². The molecule has 1 aromatic heterocycles. The van der Waals surface area contributed by atoms with Crippen LogP contribution in [0.1, 0.15) is 0 Å².